The van der Waals surface area contributed by atoms with Gasteiger partial charge in [0.1, 0.15) is 0 Å². The maximum absolute atomic E-state index is 13.5. The SMILES string of the molecule is O=C(C(=C1C=CC=CN1Cc1ccccc1)c1ccccc1)c1ccccc1. The number of hydrogen-bond donors (Lipinski definition) is 0. The Morgan fingerprint density at radius 1 is 0.679 bits per heavy atom. The largest absolute Gasteiger partial charge is 0.343 e. The molecule has 0 unspecified atom stereocenters. The summed E-state index contributed by atoms with van der Waals surface area (Å²) in [6.07, 6.45) is 8.04. The highest BCUT2D eigenvalue weighted by Crippen LogP contribution is 2.29. The molecule has 4 rings (SSSR count). The predicted octanol–water partition coefficient (Wildman–Crippen LogP) is 5.87. The van der Waals surface area contributed by atoms with Crippen molar-refractivity contribution in [2.45, 2.75) is 6.54 Å². The van der Waals surface area contributed by atoms with Gasteiger partial charge in [-0.25, -0.2) is 0 Å². The number of benzene rings is 3. The molecule has 2 nitrogen and oxygen atoms in total. The zero-order chi connectivity index (χ0) is 19.2. The average Bonchev–Trinajstić information content (AvgIpc) is 2.77. The topological polar surface area (TPSA) is 20.3 Å². The Morgan fingerprint density at radius 3 is 1.89 bits per heavy atom. The van der Waals surface area contributed by atoms with Crippen LogP contribution in [-0.4, -0.2) is 10.7 Å². The molecule has 1 heterocycles. The van der Waals surface area contributed by atoms with Crippen LogP contribution < -0.4 is 0 Å². The van der Waals surface area contributed by atoms with Crippen LogP contribution in [-0.2, 0) is 6.54 Å². The summed E-state index contributed by atoms with van der Waals surface area (Å²) in [4.78, 5) is 15.6. The highest BCUT2D eigenvalue weighted by molar-refractivity contribution is 6.29. The predicted molar refractivity (Wildman–Crippen MR) is 114 cm³/mol. The number of ketones is 1. The van der Waals surface area contributed by atoms with Gasteiger partial charge in [-0.15, -0.1) is 0 Å². The fourth-order valence-corrected chi connectivity index (χ4v) is 3.36. The average molecular weight is 363 g/mol. The number of nitrogens with zero attached hydrogens (tertiary/aromatic N) is 1. The Hall–Kier alpha value is -3.65. The number of rotatable bonds is 5. The van der Waals surface area contributed by atoms with Crippen LogP contribution in [0.3, 0.4) is 0 Å². The summed E-state index contributed by atoms with van der Waals surface area (Å²) < 4.78 is 0. The molecule has 3 aromatic rings. The Morgan fingerprint density at radius 2 is 1.25 bits per heavy atom. The third-order valence-electron chi connectivity index (χ3n) is 4.72. The van der Waals surface area contributed by atoms with Crippen LogP contribution in [0, 0.1) is 0 Å². The lowest BCUT2D eigenvalue weighted by Gasteiger charge is -2.27. The standard InChI is InChI=1S/C26H21NO/c28-26(23-16-8-3-9-17-23)25(22-14-6-2-7-15-22)24-18-10-11-19-27(24)20-21-12-4-1-5-13-21/h1-19H,20H2. The molecule has 3 aromatic carbocycles. The number of carbonyl (C=O) groups excluding carboxylic acids is 1. The third-order valence-corrected chi connectivity index (χ3v) is 4.72. The second-order valence-electron chi connectivity index (χ2n) is 6.64. The summed E-state index contributed by atoms with van der Waals surface area (Å²) in [6.45, 7) is 0.704. The zero-order valence-electron chi connectivity index (χ0n) is 15.5. The first-order chi connectivity index (χ1) is 13.8. The summed E-state index contributed by atoms with van der Waals surface area (Å²) >= 11 is 0. The fraction of sp³-hybridized carbons (Fsp3) is 0.0385. The summed E-state index contributed by atoms with van der Waals surface area (Å²) in [5, 5.41) is 0. The smallest absolute Gasteiger partial charge is 0.195 e. The molecule has 28 heavy (non-hydrogen) atoms. The molecule has 0 aliphatic carbocycles. The van der Waals surface area contributed by atoms with Gasteiger partial charge in [0, 0.05) is 18.3 Å². The van der Waals surface area contributed by atoms with E-state index in [2.05, 4.69) is 17.0 Å². The van der Waals surface area contributed by atoms with Crippen molar-refractivity contribution in [3.8, 4) is 0 Å². The van der Waals surface area contributed by atoms with Crippen molar-refractivity contribution in [3.63, 3.8) is 0 Å². The van der Waals surface area contributed by atoms with Gasteiger partial charge in [-0.05, 0) is 23.3 Å². The van der Waals surface area contributed by atoms with E-state index in [-0.39, 0.29) is 5.78 Å². The molecule has 1 aliphatic heterocycles. The van der Waals surface area contributed by atoms with Gasteiger partial charge in [0.05, 0.1) is 11.3 Å². The van der Waals surface area contributed by atoms with Crippen molar-refractivity contribution < 1.29 is 4.79 Å². The van der Waals surface area contributed by atoms with Gasteiger partial charge >= 0.3 is 0 Å². The summed E-state index contributed by atoms with van der Waals surface area (Å²) in [7, 11) is 0. The number of Topliss-reactive ketones (excluding diaryl/α,β-unsaturated/α-hetero) is 1. The number of carbonyl (C=O) groups is 1. The van der Waals surface area contributed by atoms with Crippen molar-refractivity contribution in [2.24, 2.45) is 0 Å². The molecule has 0 bridgehead atoms. The number of hydrogen-bond acceptors (Lipinski definition) is 2. The minimum Gasteiger partial charge on any atom is -0.343 e. The molecular weight excluding hydrogens is 342 g/mol. The molecular formula is C26H21NO. The molecule has 0 N–H and O–H groups in total. The molecule has 0 amide bonds. The van der Waals surface area contributed by atoms with Gasteiger partial charge in [0.2, 0.25) is 0 Å². The van der Waals surface area contributed by atoms with Crippen LogP contribution in [0.25, 0.3) is 5.57 Å². The molecule has 0 saturated heterocycles. The van der Waals surface area contributed by atoms with Crippen LogP contribution in [0.5, 0.6) is 0 Å². The molecule has 136 valence electrons. The third kappa shape index (κ3) is 3.86. The molecule has 2 heteroatoms. The Kier molecular flexibility index (Phi) is 5.30. The van der Waals surface area contributed by atoms with E-state index in [1.165, 1.54) is 5.56 Å². The molecule has 1 aliphatic rings. The van der Waals surface area contributed by atoms with E-state index in [1.807, 2.05) is 103 Å². The zero-order valence-corrected chi connectivity index (χ0v) is 15.5. The molecule has 0 fully saturated rings. The van der Waals surface area contributed by atoms with E-state index in [1.54, 1.807) is 0 Å². The lowest BCUT2D eigenvalue weighted by molar-refractivity contribution is 0.105. The van der Waals surface area contributed by atoms with E-state index >= 15 is 0 Å². The van der Waals surface area contributed by atoms with Crippen molar-refractivity contribution in [1.29, 1.82) is 0 Å². The second-order valence-corrected chi connectivity index (χ2v) is 6.64. The molecule has 0 radical (unpaired) electrons. The van der Waals surface area contributed by atoms with Crippen LogP contribution in [0.15, 0.2) is 121 Å². The Bertz CT molecular complexity index is 1030. The minimum absolute atomic E-state index is 0.0276. The molecule has 0 spiro atoms. The molecule has 0 aromatic heterocycles. The first kappa shape index (κ1) is 17.7. The van der Waals surface area contributed by atoms with Gasteiger partial charge in [-0.1, -0.05) is 97.1 Å². The van der Waals surface area contributed by atoms with Crippen molar-refractivity contribution in [3.05, 3.63) is 138 Å². The van der Waals surface area contributed by atoms with Gasteiger partial charge in [0.15, 0.2) is 5.78 Å². The highest BCUT2D eigenvalue weighted by Gasteiger charge is 2.22. The van der Waals surface area contributed by atoms with Crippen molar-refractivity contribution in [1.82, 2.24) is 4.90 Å². The van der Waals surface area contributed by atoms with Crippen molar-refractivity contribution >= 4 is 11.4 Å². The molecule has 0 saturated carbocycles. The van der Waals surface area contributed by atoms with Crippen LogP contribution >= 0.6 is 0 Å². The van der Waals surface area contributed by atoms with Crippen LogP contribution in [0.2, 0.25) is 0 Å². The Labute approximate surface area is 165 Å². The summed E-state index contributed by atoms with van der Waals surface area (Å²) in [6, 6.07) is 29.7. The van der Waals surface area contributed by atoms with Gasteiger partial charge in [-0.3, -0.25) is 4.79 Å². The normalized spacial score (nSPS) is 14.8. The second kappa shape index (κ2) is 8.36. The lowest BCUT2D eigenvalue weighted by atomic mass is 9.93. The van der Waals surface area contributed by atoms with Crippen LogP contribution in [0.1, 0.15) is 21.5 Å². The van der Waals surface area contributed by atoms with E-state index in [0.717, 1.165) is 11.3 Å². The summed E-state index contributed by atoms with van der Waals surface area (Å²) in [5.74, 6) is 0.0276. The minimum atomic E-state index is 0.0276. The Balaban J connectivity index is 1.83. The fourth-order valence-electron chi connectivity index (χ4n) is 3.36. The highest BCUT2D eigenvalue weighted by atomic mass is 16.1. The monoisotopic (exact) mass is 363 g/mol. The molecule has 0 atom stereocenters. The maximum Gasteiger partial charge on any atom is 0.195 e. The first-order valence-corrected chi connectivity index (χ1v) is 9.38. The van der Waals surface area contributed by atoms with Gasteiger partial charge in [-0.2, -0.15) is 0 Å². The van der Waals surface area contributed by atoms with Gasteiger partial charge in [0.25, 0.3) is 0 Å². The quantitative estimate of drug-likeness (QED) is 0.418. The lowest BCUT2D eigenvalue weighted by Crippen LogP contribution is -2.20. The summed E-state index contributed by atoms with van der Waals surface area (Å²) in [5.41, 5.74) is 4.43. The van der Waals surface area contributed by atoms with E-state index in [4.69, 9.17) is 0 Å². The van der Waals surface area contributed by atoms with E-state index in [0.29, 0.717) is 17.7 Å². The van der Waals surface area contributed by atoms with Crippen LogP contribution in [0.4, 0.5) is 0 Å². The number of allylic oxidation sites excluding steroid dienone is 4. The maximum atomic E-state index is 13.5. The van der Waals surface area contributed by atoms with Crippen molar-refractivity contribution in [2.75, 3.05) is 0 Å². The van der Waals surface area contributed by atoms with E-state index in [9.17, 15) is 4.79 Å². The van der Waals surface area contributed by atoms with Gasteiger partial charge < -0.3 is 4.90 Å². The van der Waals surface area contributed by atoms with E-state index < -0.39 is 0 Å². The first-order valence-electron chi connectivity index (χ1n) is 9.38.